The highest BCUT2D eigenvalue weighted by atomic mass is 16.5. The SMILES string of the molecule is Cc1cc(Nc2ncncc2-c2nc(C=O)co2)ccc1Oc1ccc2c(c1)ncn2C. The van der Waals surface area contributed by atoms with Crippen LogP contribution in [0.5, 0.6) is 11.5 Å². The molecule has 9 heteroatoms. The van der Waals surface area contributed by atoms with Gasteiger partial charge in [0.05, 0.1) is 22.9 Å². The molecule has 0 bridgehead atoms. The van der Waals surface area contributed by atoms with Gasteiger partial charge in [0.2, 0.25) is 5.89 Å². The number of aryl methyl sites for hydroxylation is 2. The molecular weight excluding hydrogens is 408 g/mol. The van der Waals surface area contributed by atoms with Crippen LogP contribution in [-0.2, 0) is 7.05 Å². The van der Waals surface area contributed by atoms with Crippen molar-refractivity contribution < 1.29 is 13.9 Å². The second kappa shape index (κ2) is 7.95. The van der Waals surface area contributed by atoms with Gasteiger partial charge in [-0.3, -0.25) is 4.79 Å². The standard InChI is InChI=1S/C23H18N6O3/c1-14-7-15(27-22-18(9-24-12-25-22)23-28-16(10-30)11-31-23)3-6-21(14)32-17-4-5-20-19(8-17)26-13-29(20)2/h3-13H,1-2H3,(H,24,25,27). The average molecular weight is 426 g/mol. The van der Waals surface area contributed by atoms with Crippen molar-refractivity contribution in [2.24, 2.45) is 7.05 Å². The normalized spacial score (nSPS) is 10.9. The highest BCUT2D eigenvalue weighted by molar-refractivity contribution is 5.78. The van der Waals surface area contributed by atoms with Gasteiger partial charge in [0.25, 0.3) is 0 Å². The molecule has 32 heavy (non-hydrogen) atoms. The molecule has 5 rings (SSSR count). The van der Waals surface area contributed by atoms with E-state index < -0.39 is 0 Å². The number of nitrogens with zero attached hydrogens (tertiary/aromatic N) is 5. The van der Waals surface area contributed by atoms with Crippen molar-refractivity contribution in [3.05, 3.63) is 72.8 Å². The van der Waals surface area contributed by atoms with Crippen LogP contribution in [-0.4, -0.2) is 30.8 Å². The number of benzene rings is 2. The molecular formula is C23H18N6O3. The molecule has 0 aliphatic rings. The van der Waals surface area contributed by atoms with Crippen LogP contribution in [0.15, 0.2) is 65.9 Å². The number of nitrogens with one attached hydrogen (secondary N) is 1. The molecule has 3 aromatic heterocycles. The summed E-state index contributed by atoms with van der Waals surface area (Å²) >= 11 is 0. The quantitative estimate of drug-likeness (QED) is 0.390. The third-order valence-electron chi connectivity index (χ3n) is 4.95. The number of oxazole rings is 1. The molecule has 3 heterocycles. The Hall–Kier alpha value is -4.53. The predicted molar refractivity (Wildman–Crippen MR) is 118 cm³/mol. The Balaban J connectivity index is 1.38. The van der Waals surface area contributed by atoms with Gasteiger partial charge in [-0.15, -0.1) is 0 Å². The Labute approximate surface area is 182 Å². The molecule has 2 aromatic carbocycles. The van der Waals surface area contributed by atoms with E-state index in [1.165, 1.54) is 12.6 Å². The van der Waals surface area contributed by atoms with E-state index in [2.05, 4.69) is 25.3 Å². The van der Waals surface area contributed by atoms with Crippen molar-refractivity contribution in [2.45, 2.75) is 6.92 Å². The summed E-state index contributed by atoms with van der Waals surface area (Å²) in [7, 11) is 1.96. The molecule has 0 aliphatic heterocycles. The summed E-state index contributed by atoms with van der Waals surface area (Å²) in [5.41, 5.74) is 4.41. The second-order valence-corrected chi connectivity index (χ2v) is 7.19. The van der Waals surface area contributed by atoms with E-state index >= 15 is 0 Å². The number of aromatic nitrogens is 5. The molecule has 0 radical (unpaired) electrons. The lowest BCUT2D eigenvalue weighted by molar-refractivity contribution is 0.111. The lowest BCUT2D eigenvalue weighted by Gasteiger charge is -2.12. The van der Waals surface area contributed by atoms with E-state index in [-0.39, 0.29) is 11.6 Å². The zero-order valence-electron chi connectivity index (χ0n) is 17.3. The summed E-state index contributed by atoms with van der Waals surface area (Å²) in [5.74, 6) is 2.22. The van der Waals surface area contributed by atoms with Gasteiger partial charge in [0.1, 0.15) is 35.6 Å². The summed E-state index contributed by atoms with van der Waals surface area (Å²) in [6, 6.07) is 11.5. The zero-order chi connectivity index (χ0) is 22.1. The first-order valence-corrected chi connectivity index (χ1v) is 9.78. The average Bonchev–Trinajstić information content (AvgIpc) is 3.43. The predicted octanol–water partition coefficient (Wildman–Crippen LogP) is 4.68. The van der Waals surface area contributed by atoms with E-state index in [1.54, 1.807) is 12.5 Å². The van der Waals surface area contributed by atoms with Crippen molar-refractivity contribution in [2.75, 3.05) is 5.32 Å². The van der Waals surface area contributed by atoms with Gasteiger partial charge >= 0.3 is 0 Å². The summed E-state index contributed by atoms with van der Waals surface area (Å²) in [4.78, 5) is 27.7. The van der Waals surface area contributed by atoms with Gasteiger partial charge < -0.3 is 19.0 Å². The number of carbonyl (C=O) groups is 1. The minimum absolute atomic E-state index is 0.205. The molecule has 0 saturated heterocycles. The van der Waals surface area contributed by atoms with Crippen LogP contribution in [0.1, 0.15) is 16.1 Å². The lowest BCUT2D eigenvalue weighted by atomic mass is 10.2. The third-order valence-corrected chi connectivity index (χ3v) is 4.95. The van der Waals surface area contributed by atoms with Gasteiger partial charge in [-0.05, 0) is 42.8 Å². The number of hydrogen-bond donors (Lipinski definition) is 1. The first kappa shape index (κ1) is 19.4. The number of rotatable bonds is 6. The summed E-state index contributed by atoms with van der Waals surface area (Å²) in [5, 5.41) is 3.25. The number of carbonyl (C=O) groups excluding carboxylic acids is 1. The third kappa shape index (κ3) is 3.67. The molecule has 9 nitrogen and oxygen atoms in total. The fourth-order valence-corrected chi connectivity index (χ4v) is 3.33. The highest BCUT2D eigenvalue weighted by Gasteiger charge is 2.14. The van der Waals surface area contributed by atoms with Crippen molar-refractivity contribution >= 4 is 28.8 Å². The Kier molecular flexibility index (Phi) is 4.83. The molecule has 0 spiro atoms. The first-order valence-electron chi connectivity index (χ1n) is 9.78. The zero-order valence-corrected chi connectivity index (χ0v) is 17.3. The molecule has 0 saturated carbocycles. The molecule has 0 atom stereocenters. The van der Waals surface area contributed by atoms with Crippen LogP contribution in [0.2, 0.25) is 0 Å². The fraction of sp³-hybridized carbons (Fsp3) is 0.0870. The maximum atomic E-state index is 10.9. The number of anilines is 2. The van der Waals surface area contributed by atoms with E-state index in [1.807, 2.05) is 54.9 Å². The minimum Gasteiger partial charge on any atom is -0.457 e. The molecule has 0 fully saturated rings. The van der Waals surface area contributed by atoms with Gasteiger partial charge in [0, 0.05) is 25.0 Å². The first-order chi connectivity index (χ1) is 15.6. The topological polar surface area (TPSA) is 108 Å². The van der Waals surface area contributed by atoms with Gasteiger partial charge in [-0.25, -0.2) is 19.9 Å². The van der Waals surface area contributed by atoms with Crippen molar-refractivity contribution in [1.82, 2.24) is 24.5 Å². The van der Waals surface area contributed by atoms with Crippen LogP contribution >= 0.6 is 0 Å². The van der Waals surface area contributed by atoms with Crippen molar-refractivity contribution in [1.29, 1.82) is 0 Å². The highest BCUT2D eigenvalue weighted by Crippen LogP contribution is 2.32. The van der Waals surface area contributed by atoms with E-state index in [9.17, 15) is 4.79 Å². The number of hydrogen-bond acceptors (Lipinski definition) is 8. The molecule has 0 amide bonds. The Morgan fingerprint density at radius 2 is 2.06 bits per heavy atom. The van der Waals surface area contributed by atoms with Gasteiger partial charge in [-0.2, -0.15) is 0 Å². The maximum absolute atomic E-state index is 10.9. The summed E-state index contributed by atoms with van der Waals surface area (Å²) in [6.07, 6.45) is 6.69. The van der Waals surface area contributed by atoms with E-state index in [0.29, 0.717) is 23.4 Å². The van der Waals surface area contributed by atoms with Crippen LogP contribution < -0.4 is 10.1 Å². The number of imidazole rings is 1. The van der Waals surface area contributed by atoms with Crippen LogP contribution in [0.25, 0.3) is 22.5 Å². The number of ether oxygens (including phenoxy) is 1. The Morgan fingerprint density at radius 3 is 2.88 bits per heavy atom. The van der Waals surface area contributed by atoms with Crippen molar-refractivity contribution in [3.63, 3.8) is 0 Å². The van der Waals surface area contributed by atoms with Crippen LogP contribution in [0, 0.1) is 6.92 Å². The Morgan fingerprint density at radius 1 is 1.16 bits per heavy atom. The largest absolute Gasteiger partial charge is 0.457 e. The van der Waals surface area contributed by atoms with Crippen LogP contribution in [0.4, 0.5) is 11.5 Å². The minimum atomic E-state index is 0.205. The molecule has 0 unspecified atom stereocenters. The van der Waals surface area contributed by atoms with Crippen molar-refractivity contribution in [3.8, 4) is 23.0 Å². The number of fused-ring (bicyclic) bond motifs is 1. The molecule has 1 N–H and O–H groups in total. The van der Waals surface area contributed by atoms with E-state index in [0.717, 1.165) is 28.0 Å². The molecule has 158 valence electrons. The monoisotopic (exact) mass is 426 g/mol. The maximum Gasteiger partial charge on any atom is 0.231 e. The smallest absolute Gasteiger partial charge is 0.231 e. The fourth-order valence-electron chi connectivity index (χ4n) is 3.33. The van der Waals surface area contributed by atoms with Gasteiger partial charge in [0.15, 0.2) is 6.29 Å². The van der Waals surface area contributed by atoms with Crippen LogP contribution in [0.3, 0.4) is 0 Å². The molecule has 5 aromatic rings. The second-order valence-electron chi connectivity index (χ2n) is 7.19. The summed E-state index contributed by atoms with van der Waals surface area (Å²) in [6.45, 7) is 1.96. The van der Waals surface area contributed by atoms with Gasteiger partial charge in [-0.1, -0.05) is 0 Å². The number of aldehydes is 1. The summed E-state index contributed by atoms with van der Waals surface area (Å²) < 4.78 is 13.4. The molecule has 0 aliphatic carbocycles. The lowest BCUT2D eigenvalue weighted by Crippen LogP contribution is -1.98. The van der Waals surface area contributed by atoms with E-state index in [4.69, 9.17) is 9.15 Å². The Bertz CT molecular complexity index is 1440.